The van der Waals surface area contributed by atoms with Crippen LogP contribution in [0.15, 0.2) is 30.6 Å². The minimum atomic E-state index is 0.000649. The van der Waals surface area contributed by atoms with E-state index < -0.39 is 0 Å². The summed E-state index contributed by atoms with van der Waals surface area (Å²) < 4.78 is 12.2. The molecule has 0 spiro atoms. The molecule has 3 rings (SSSR count). The highest BCUT2D eigenvalue weighted by Crippen LogP contribution is 2.29. The van der Waals surface area contributed by atoms with Gasteiger partial charge in [-0.1, -0.05) is 11.6 Å². The van der Waals surface area contributed by atoms with Gasteiger partial charge in [-0.3, -0.25) is 9.48 Å². The first-order chi connectivity index (χ1) is 11.1. The van der Waals surface area contributed by atoms with E-state index in [4.69, 9.17) is 21.1 Å². The summed E-state index contributed by atoms with van der Waals surface area (Å²) in [5, 5.41) is 4.79. The van der Waals surface area contributed by atoms with Crippen LogP contribution in [-0.4, -0.2) is 47.9 Å². The van der Waals surface area contributed by atoms with Gasteiger partial charge in [-0.2, -0.15) is 5.10 Å². The van der Waals surface area contributed by atoms with E-state index in [1.165, 1.54) is 0 Å². The van der Waals surface area contributed by atoms with Gasteiger partial charge in [0.05, 0.1) is 25.4 Å². The Balaban J connectivity index is 1.60. The molecule has 0 aliphatic carbocycles. The smallest absolute Gasteiger partial charge is 0.254 e. The van der Waals surface area contributed by atoms with Crippen LogP contribution in [0.1, 0.15) is 10.4 Å². The Morgan fingerprint density at radius 3 is 2.65 bits per heavy atom. The third-order valence-corrected chi connectivity index (χ3v) is 4.12. The van der Waals surface area contributed by atoms with Crippen LogP contribution in [0.25, 0.3) is 0 Å². The minimum absolute atomic E-state index is 0.000649. The molecule has 1 aromatic carbocycles. The van der Waals surface area contributed by atoms with Crippen molar-refractivity contribution in [2.45, 2.75) is 6.54 Å². The second-order valence-electron chi connectivity index (χ2n) is 5.53. The van der Waals surface area contributed by atoms with Crippen molar-refractivity contribution in [1.82, 2.24) is 14.7 Å². The zero-order valence-electron chi connectivity index (χ0n) is 13.0. The quantitative estimate of drug-likeness (QED) is 0.841. The van der Waals surface area contributed by atoms with E-state index in [2.05, 4.69) is 5.10 Å². The third kappa shape index (κ3) is 3.27. The highest BCUT2D eigenvalue weighted by molar-refractivity contribution is 6.30. The number of ether oxygens (including phenoxy) is 2. The predicted molar refractivity (Wildman–Crippen MR) is 86.2 cm³/mol. The van der Waals surface area contributed by atoms with Crippen LogP contribution in [0.5, 0.6) is 11.5 Å². The molecule has 6 nitrogen and oxygen atoms in total. The zero-order valence-corrected chi connectivity index (χ0v) is 13.8. The number of rotatable bonds is 5. The Labute approximate surface area is 139 Å². The summed E-state index contributed by atoms with van der Waals surface area (Å²) in [4.78, 5) is 14.3. The fourth-order valence-electron chi connectivity index (χ4n) is 2.71. The number of benzene rings is 1. The maximum atomic E-state index is 12.5. The monoisotopic (exact) mass is 335 g/mol. The number of carbonyl (C=O) groups is 1. The summed E-state index contributed by atoms with van der Waals surface area (Å²) in [6.07, 6.45) is 3.41. The van der Waals surface area contributed by atoms with Gasteiger partial charge in [0, 0.05) is 37.3 Å². The fourth-order valence-corrected chi connectivity index (χ4v) is 2.86. The SMILES string of the molecule is COc1ccc(C(=O)N2CC(Cn3cc(Cl)cn3)C2)cc1OC. The molecule has 1 saturated heterocycles. The van der Waals surface area contributed by atoms with Crippen LogP contribution in [0.3, 0.4) is 0 Å². The van der Waals surface area contributed by atoms with Crippen LogP contribution in [0.2, 0.25) is 5.02 Å². The van der Waals surface area contributed by atoms with Crippen molar-refractivity contribution in [2.75, 3.05) is 27.3 Å². The molecule has 0 unspecified atom stereocenters. The van der Waals surface area contributed by atoms with Gasteiger partial charge in [-0.05, 0) is 18.2 Å². The van der Waals surface area contributed by atoms with E-state index in [9.17, 15) is 4.79 Å². The molecule has 2 heterocycles. The lowest BCUT2D eigenvalue weighted by molar-refractivity contribution is 0.0461. The van der Waals surface area contributed by atoms with Crippen LogP contribution in [-0.2, 0) is 6.54 Å². The normalized spacial score (nSPS) is 14.5. The second-order valence-corrected chi connectivity index (χ2v) is 5.96. The molecule has 1 fully saturated rings. The largest absolute Gasteiger partial charge is 0.493 e. The van der Waals surface area contributed by atoms with E-state index >= 15 is 0 Å². The van der Waals surface area contributed by atoms with Crippen LogP contribution >= 0.6 is 11.6 Å². The highest BCUT2D eigenvalue weighted by Gasteiger charge is 2.31. The highest BCUT2D eigenvalue weighted by atomic mass is 35.5. The zero-order chi connectivity index (χ0) is 16.4. The van der Waals surface area contributed by atoms with E-state index in [0.29, 0.717) is 41.1 Å². The van der Waals surface area contributed by atoms with Crippen molar-refractivity contribution in [3.63, 3.8) is 0 Å². The van der Waals surface area contributed by atoms with Crippen molar-refractivity contribution in [2.24, 2.45) is 5.92 Å². The molecule has 1 amide bonds. The van der Waals surface area contributed by atoms with E-state index in [1.807, 2.05) is 9.58 Å². The average Bonchev–Trinajstić information content (AvgIpc) is 2.94. The van der Waals surface area contributed by atoms with Gasteiger partial charge < -0.3 is 14.4 Å². The third-order valence-electron chi connectivity index (χ3n) is 3.92. The minimum Gasteiger partial charge on any atom is -0.493 e. The predicted octanol–water partition coefficient (Wildman–Crippen LogP) is 2.33. The summed E-state index contributed by atoms with van der Waals surface area (Å²) in [6.45, 7) is 2.19. The summed E-state index contributed by atoms with van der Waals surface area (Å²) in [5.41, 5.74) is 0.600. The lowest BCUT2D eigenvalue weighted by Crippen LogP contribution is -2.51. The average molecular weight is 336 g/mol. The van der Waals surface area contributed by atoms with Gasteiger partial charge in [0.1, 0.15) is 0 Å². The van der Waals surface area contributed by atoms with Gasteiger partial charge in [-0.25, -0.2) is 0 Å². The van der Waals surface area contributed by atoms with Gasteiger partial charge in [-0.15, -0.1) is 0 Å². The van der Waals surface area contributed by atoms with Crippen molar-refractivity contribution in [3.8, 4) is 11.5 Å². The van der Waals surface area contributed by atoms with E-state index in [1.54, 1.807) is 44.8 Å². The second kappa shape index (κ2) is 6.50. The van der Waals surface area contributed by atoms with Gasteiger partial charge in [0.15, 0.2) is 11.5 Å². The molecule has 0 bridgehead atoms. The number of methoxy groups -OCH3 is 2. The number of nitrogens with zero attached hydrogens (tertiary/aromatic N) is 3. The van der Waals surface area contributed by atoms with Crippen molar-refractivity contribution < 1.29 is 14.3 Å². The first-order valence-electron chi connectivity index (χ1n) is 7.30. The van der Waals surface area contributed by atoms with Crippen LogP contribution in [0.4, 0.5) is 0 Å². The lowest BCUT2D eigenvalue weighted by atomic mass is 9.98. The van der Waals surface area contributed by atoms with Crippen LogP contribution < -0.4 is 9.47 Å². The maximum Gasteiger partial charge on any atom is 0.254 e. The molecule has 122 valence electrons. The molecule has 0 saturated carbocycles. The number of hydrogen-bond acceptors (Lipinski definition) is 4. The number of aromatic nitrogens is 2. The summed E-state index contributed by atoms with van der Waals surface area (Å²) in [5.74, 6) is 1.57. The molecular formula is C16H18ClN3O3. The molecule has 1 aromatic heterocycles. The lowest BCUT2D eigenvalue weighted by Gasteiger charge is -2.39. The van der Waals surface area contributed by atoms with E-state index in [0.717, 1.165) is 6.54 Å². The fraction of sp³-hybridized carbons (Fsp3) is 0.375. The summed E-state index contributed by atoms with van der Waals surface area (Å²) in [6, 6.07) is 5.21. The van der Waals surface area contributed by atoms with Gasteiger partial charge in [0.25, 0.3) is 5.91 Å². The summed E-state index contributed by atoms with van der Waals surface area (Å²) >= 11 is 5.85. The van der Waals surface area contributed by atoms with Gasteiger partial charge in [0.2, 0.25) is 0 Å². The molecule has 0 N–H and O–H groups in total. The Morgan fingerprint density at radius 2 is 2.04 bits per heavy atom. The molecule has 0 radical (unpaired) electrons. The number of carbonyl (C=O) groups excluding carboxylic acids is 1. The molecule has 1 aliphatic heterocycles. The van der Waals surface area contributed by atoms with Gasteiger partial charge >= 0.3 is 0 Å². The Hall–Kier alpha value is -2.21. The van der Waals surface area contributed by atoms with Crippen molar-refractivity contribution >= 4 is 17.5 Å². The molecule has 1 aliphatic rings. The topological polar surface area (TPSA) is 56.6 Å². The number of likely N-dealkylation sites (tertiary alicyclic amines) is 1. The van der Waals surface area contributed by atoms with Crippen LogP contribution in [0, 0.1) is 5.92 Å². The molecule has 7 heteroatoms. The first kappa shape index (κ1) is 15.7. The Morgan fingerprint density at radius 1 is 1.30 bits per heavy atom. The standard InChI is InChI=1S/C16H18ClN3O3/c1-22-14-4-3-12(5-15(14)23-2)16(21)19-7-11(8-19)9-20-10-13(17)6-18-20/h3-6,10-11H,7-9H2,1-2H3. The Kier molecular flexibility index (Phi) is 4.43. The number of hydrogen-bond donors (Lipinski definition) is 0. The molecule has 2 aromatic rings. The van der Waals surface area contributed by atoms with Crippen molar-refractivity contribution in [3.05, 3.63) is 41.2 Å². The van der Waals surface area contributed by atoms with Crippen molar-refractivity contribution in [1.29, 1.82) is 0 Å². The number of amides is 1. The molecule has 23 heavy (non-hydrogen) atoms. The molecular weight excluding hydrogens is 318 g/mol. The maximum absolute atomic E-state index is 12.5. The number of halogens is 1. The first-order valence-corrected chi connectivity index (χ1v) is 7.67. The molecule has 0 atom stereocenters. The Bertz CT molecular complexity index is 710. The summed E-state index contributed by atoms with van der Waals surface area (Å²) in [7, 11) is 3.13. The van der Waals surface area contributed by atoms with E-state index in [-0.39, 0.29) is 5.91 Å².